The van der Waals surface area contributed by atoms with Crippen molar-refractivity contribution < 1.29 is 13.2 Å². The fourth-order valence-corrected chi connectivity index (χ4v) is 3.56. The smallest absolute Gasteiger partial charge is 0.244 e. The third-order valence-corrected chi connectivity index (χ3v) is 5.17. The number of anilines is 3. The number of nitrogens with one attached hydrogen (secondary N) is 3. The van der Waals surface area contributed by atoms with Crippen molar-refractivity contribution in [2.75, 3.05) is 30.8 Å². The molecule has 9 nitrogen and oxygen atoms in total. The van der Waals surface area contributed by atoms with Crippen LogP contribution in [0.5, 0.6) is 5.75 Å². The zero-order valence-corrected chi connectivity index (χ0v) is 16.0. The van der Waals surface area contributed by atoms with Gasteiger partial charge >= 0.3 is 0 Å². The minimum Gasteiger partial charge on any atom is -0.495 e. The van der Waals surface area contributed by atoms with E-state index in [9.17, 15) is 8.42 Å². The van der Waals surface area contributed by atoms with Crippen molar-refractivity contribution in [2.24, 2.45) is 0 Å². The van der Waals surface area contributed by atoms with Gasteiger partial charge in [0.15, 0.2) is 5.82 Å². The lowest BCUT2D eigenvalue weighted by Gasteiger charge is -2.11. The molecule has 0 unspecified atom stereocenters. The fourth-order valence-electron chi connectivity index (χ4n) is 2.36. The monoisotopic (exact) mass is 400 g/mol. The molecule has 0 aliphatic rings. The summed E-state index contributed by atoms with van der Waals surface area (Å²) in [5, 5.41) is 14.1. The quantitative estimate of drug-likeness (QED) is 0.467. The Balaban J connectivity index is 1.50. The highest BCUT2D eigenvalue weighted by Gasteiger charge is 2.18. The topological polar surface area (TPSA) is 118 Å². The van der Waals surface area contributed by atoms with Crippen molar-refractivity contribution in [1.29, 1.82) is 0 Å². The van der Waals surface area contributed by atoms with E-state index in [1.807, 2.05) is 18.2 Å². The van der Waals surface area contributed by atoms with Gasteiger partial charge in [0, 0.05) is 19.3 Å². The third kappa shape index (κ3) is 5.15. The van der Waals surface area contributed by atoms with Gasteiger partial charge in [0.25, 0.3) is 0 Å². The average Bonchev–Trinajstić information content (AvgIpc) is 2.73. The normalized spacial score (nSPS) is 11.0. The van der Waals surface area contributed by atoms with E-state index in [-0.39, 0.29) is 11.4 Å². The Morgan fingerprint density at radius 2 is 1.64 bits per heavy atom. The number of pyridine rings is 1. The lowest BCUT2D eigenvalue weighted by Crippen LogP contribution is -2.29. The highest BCUT2D eigenvalue weighted by atomic mass is 32.2. The van der Waals surface area contributed by atoms with Crippen molar-refractivity contribution in [1.82, 2.24) is 19.9 Å². The van der Waals surface area contributed by atoms with E-state index in [4.69, 9.17) is 4.74 Å². The number of hydrogen-bond acceptors (Lipinski definition) is 8. The summed E-state index contributed by atoms with van der Waals surface area (Å²) in [6.07, 6.45) is 1.68. The highest BCUT2D eigenvalue weighted by Crippen LogP contribution is 2.22. The van der Waals surface area contributed by atoms with E-state index in [2.05, 4.69) is 30.5 Å². The molecule has 3 rings (SSSR count). The molecule has 0 aliphatic heterocycles. The maximum absolute atomic E-state index is 12.4. The van der Waals surface area contributed by atoms with Crippen molar-refractivity contribution in [3.8, 4) is 5.75 Å². The van der Waals surface area contributed by atoms with Gasteiger partial charge in [0.05, 0.1) is 7.11 Å². The number of rotatable bonds is 9. The molecule has 3 N–H and O–H groups in total. The van der Waals surface area contributed by atoms with E-state index in [0.717, 1.165) is 0 Å². The molecule has 0 spiro atoms. The summed E-state index contributed by atoms with van der Waals surface area (Å²) < 4.78 is 32.4. The average molecular weight is 400 g/mol. The zero-order valence-electron chi connectivity index (χ0n) is 15.2. The SMILES string of the molecule is COc1ccccc1S(=O)(=O)NCCNc1ccc(Nc2ccccn2)nn1. The lowest BCUT2D eigenvalue weighted by molar-refractivity contribution is 0.402. The first-order valence-corrected chi connectivity index (χ1v) is 9.95. The zero-order chi connectivity index (χ0) is 19.8. The number of para-hydroxylation sites is 1. The molecular weight excluding hydrogens is 380 g/mol. The molecule has 10 heteroatoms. The summed E-state index contributed by atoms with van der Waals surface area (Å²) in [5.41, 5.74) is 0. The summed E-state index contributed by atoms with van der Waals surface area (Å²) in [6, 6.07) is 15.5. The molecular formula is C18H20N6O3S. The van der Waals surface area contributed by atoms with E-state index >= 15 is 0 Å². The van der Waals surface area contributed by atoms with Crippen LogP contribution in [0.25, 0.3) is 0 Å². The Hall–Kier alpha value is -3.24. The van der Waals surface area contributed by atoms with Gasteiger partial charge in [0.1, 0.15) is 22.3 Å². The van der Waals surface area contributed by atoms with Crippen molar-refractivity contribution >= 4 is 27.5 Å². The van der Waals surface area contributed by atoms with Crippen LogP contribution >= 0.6 is 0 Å². The number of benzene rings is 1. The molecule has 146 valence electrons. The maximum Gasteiger partial charge on any atom is 0.244 e. The summed E-state index contributed by atoms with van der Waals surface area (Å²) in [5.74, 6) is 2.05. The summed E-state index contributed by atoms with van der Waals surface area (Å²) >= 11 is 0. The second kappa shape index (κ2) is 9.11. The van der Waals surface area contributed by atoms with Crippen LogP contribution in [-0.4, -0.2) is 43.8 Å². The lowest BCUT2D eigenvalue weighted by atomic mass is 10.3. The van der Waals surface area contributed by atoms with Crippen LogP contribution in [-0.2, 0) is 10.0 Å². The van der Waals surface area contributed by atoms with Crippen molar-refractivity contribution in [3.63, 3.8) is 0 Å². The van der Waals surface area contributed by atoms with Crippen LogP contribution in [0.3, 0.4) is 0 Å². The predicted molar refractivity (Wildman–Crippen MR) is 106 cm³/mol. The number of hydrogen-bond donors (Lipinski definition) is 3. The Morgan fingerprint density at radius 3 is 2.36 bits per heavy atom. The molecule has 2 aromatic heterocycles. The maximum atomic E-state index is 12.4. The van der Waals surface area contributed by atoms with Gasteiger partial charge in [-0.15, -0.1) is 10.2 Å². The van der Waals surface area contributed by atoms with E-state index < -0.39 is 10.0 Å². The molecule has 3 aromatic rings. The van der Waals surface area contributed by atoms with Gasteiger partial charge in [0.2, 0.25) is 10.0 Å². The van der Waals surface area contributed by atoms with Crippen LogP contribution in [0, 0.1) is 0 Å². The van der Waals surface area contributed by atoms with Crippen molar-refractivity contribution in [3.05, 3.63) is 60.8 Å². The second-order valence-electron chi connectivity index (χ2n) is 5.62. The van der Waals surface area contributed by atoms with Gasteiger partial charge in [-0.2, -0.15) is 0 Å². The standard InChI is InChI=1S/C18H20N6O3S/c1-27-14-6-2-3-7-15(14)28(25,26)21-13-12-20-17-9-10-18(24-23-17)22-16-8-4-5-11-19-16/h2-11,21H,12-13H2,1H3,(H,20,23)(H,19,22,24). The van der Waals surface area contributed by atoms with E-state index in [0.29, 0.717) is 29.7 Å². The molecule has 0 saturated heterocycles. The molecule has 0 aliphatic carbocycles. The first kappa shape index (κ1) is 19.5. The van der Waals surface area contributed by atoms with Crippen LogP contribution in [0.15, 0.2) is 65.7 Å². The summed E-state index contributed by atoms with van der Waals surface area (Å²) in [6.45, 7) is 0.520. The highest BCUT2D eigenvalue weighted by molar-refractivity contribution is 7.89. The second-order valence-corrected chi connectivity index (χ2v) is 7.35. The molecule has 0 atom stereocenters. The Kier molecular flexibility index (Phi) is 6.35. The fraction of sp³-hybridized carbons (Fsp3) is 0.167. The largest absolute Gasteiger partial charge is 0.495 e. The Morgan fingerprint density at radius 1 is 0.893 bits per heavy atom. The molecule has 0 bridgehead atoms. The molecule has 0 fully saturated rings. The molecule has 0 radical (unpaired) electrons. The van der Waals surface area contributed by atoms with Crippen LogP contribution in [0.1, 0.15) is 0 Å². The van der Waals surface area contributed by atoms with Gasteiger partial charge in [-0.05, 0) is 36.4 Å². The van der Waals surface area contributed by atoms with Crippen LogP contribution < -0.4 is 20.1 Å². The van der Waals surface area contributed by atoms with E-state index in [1.165, 1.54) is 13.2 Å². The van der Waals surface area contributed by atoms with Crippen LogP contribution in [0.2, 0.25) is 0 Å². The van der Waals surface area contributed by atoms with Gasteiger partial charge < -0.3 is 15.4 Å². The van der Waals surface area contributed by atoms with Gasteiger partial charge in [-0.25, -0.2) is 18.1 Å². The Labute approximate surface area is 163 Å². The predicted octanol–water partition coefficient (Wildman–Crippen LogP) is 2.01. The number of methoxy groups -OCH3 is 1. The number of nitrogens with zero attached hydrogens (tertiary/aromatic N) is 3. The number of aromatic nitrogens is 3. The van der Waals surface area contributed by atoms with Gasteiger partial charge in [-0.3, -0.25) is 0 Å². The molecule has 2 heterocycles. The molecule has 0 saturated carbocycles. The summed E-state index contributed by atoms with van der Waals surface area (Å²) in [4.78, 5) is 4.25. The van der Waals surface area contributed by atoms with E-state index in [1.54, 1.807) is 36.5 Å². The number of ether oxygens (including phenoxy) is 1. The third-order valence-electron chi connectivity index (χ3n) is 3.67. The first-order chi connectivity index (χ1) is 13.6. The van der Waals surface area contributed by atoms with Crippen LogP contribution in [0.4, 0.5) is 17.5 Å². The minimum atomic E-state index is -3.67. The molecule has 0 amide bonds. The van der Waals surface area contributed by atoms with Gasteiger partial charge in [-0.1, -0.05) is 18.2 Å². The molecule has 1 aromatic carbocycles. The molecule has 28 heavy (non-hydrogen) atoms. The minimum absolute atomic E-state index is 0.0993. The Bertz CT molecular complexity index is 997. The first-order valence-electron chi connectivity index (χ1n) is 8.47. The van der Waals surface area contributed by atoms with Crippen molar-refractivity contribution in [2.45, 2.75) is 4.90 Å². The number of sulfonamides is 1. The summed E-state index contributed by atoms with van der Waals surface area (Å²) in [7, 11) is -2.24.